The molecule has 1 atom stereocenters. The number of benzene rings is 1. The predicted octanol–water partition coefficient (Wildman–Crippen LogP) is 4.48. The number of hydrogen-bond acceptors (Lipinski definition) is 1. The minimum Gasteiger partial charge on any atom is -0.310 e. The Morgan fingerprint density at radius 2 is 1.83 bits per heavy atom. The molecule has 1 aliphatic rings. The molecule has 2 rings (SSSR count). The summed E-state index contributed by atoms with van der Waals surface area (Å²) in [7, 11) is 0. The van der Waals surface area contributed by atoms with Crippen LogP contribution in [0, 0.1) is 5.41 Å². The van der Waals surface area contributed by atoms with Gasteiger partial charge in [-0.1, -0.05) is 44.5 Å². The van der Waals surface area contributed by atoms with Crippen molar-refractivity contribution in [3.8, 4) is 0 Å². The van der Waals surface area contributed by atoms with E-state index < -0.39 is 0 Å². The summed E-state index contributed by atoms with van der Waals surface area (Å²) in [6.45, 7) is 7.98. The molecule has 100 valence electrons. The van der Waals surface area contributed by atoms with Crippen molar-refractivity contribution < 1.29 is 0 Å². The highest BCUT2D eigenvalue weighted by atomic mass is 14.9. The van der Waals surface area contributed by atoms with Gasteiger partial charge in [0.25, 0.3) is 0 Å². The first-order valence-electron chi connectivity index (χ1n) is 7.51. The zero-order chi connectivity index (χ0) is 13.0. The van der Waals surface area contributed by atoms with Gasteiger partial charge in [-0.25, -0.2) is 0 Å². The first kappa shape index (κ1) is 13.6. The van der Waals surface area contributed by atoms with Crippen LogP contribution in [0.2, 0.25) is 0 Å². The quantitative estimate of drug-likeness (QED) is 0.747. The van der Waals surface area contributed by atoms with Crippen LogP contribution in [0.15, 0.2) is 24.3 Å². The van der Waals surface area contributed by atoms with Crippen LogP contribution in [0.5, 0.6) is 0 Å². The van der Waals surface area contributed by atoms with Crippen molar-refractivity contribution in [2.75, 3.05) is 6.54 Å². The first-order chi connectivity index (χ1) is 8.69. The van der Waals surface area contributed by atoms with Crippen molar-refractivity contribution in [1.29, 1.82) is 0 Å². The summed E-state index contributed by atoms with van der Waals surface area (Å²) in [5.74, 6) is 0. The maximum Gasteiger partial charge on any atom is 0.0292 e. The molecule has 1 heteroatoms. The fourth-order valence-corrected chi connectivity index (χ4v) is 2.75. The number of nitrogens with one attached hydrogen (secondary N) is 1. The van der Waals surface area contributed by atoms with Crippen LogP contribution in [0.1, 0.15) is 63.6 Å². The largest absolute Gasteiger partial charge is 0.310 e. The molecule has 1 saturated carbocycles. The van der Waals surface area contributed by atoms with Gasteiger partial charge in [0.15, 0.2) is 0 Å². The van der Waals surface area contributed by atoms with Crippen LogP contribution in [-0.2, 0) is 6.42 Å². The Balaban J connectivity index is 1.85. The molecule has 0 spiro atoms. The topological polar surface area (TPSA) is 12.0 Å². The van der Waals surface area contributed by atoms with E-state index in [0.29, 0.717) is 11.5 Å². The fourth-order valence-electron chi connectivity index (χ4n) is 2.75. The van der Waals surface area contributed by atoms with E-state index in [0.717, 1.165) is 6.42 Å². The molecule has 0 heterocycles. The molecule has 1 nitrogen and oxygen atoms in total. The lowest BCUT2D eigenvalue weighted by molar-refractivity contribution is 0.397. The summed E-state index contributed by atoms with van der Waals surface area (Å²) in [5, 5.41) is 3.72. The van der Waals surface area contributed by atoms with Gasteiger partial charge < -0.3 is 5.32 Å². The Hall–Kier alpha value is -0.820. The Morgan fingerprint density at radius 1 is 1.17 bits per heavy atom. The molecule has 0 amide bonds. The third-order valence-electron chi connectivity index (χ3n) is 4.41. The average molecular weight is 245 g/mol. The van der Waals surface area contributed by atoms with Crippen LogP contribution >= 0.6 is 0 Å². The van der Waals surface area contributed by atoms with Crippen molar-refractivity contribution in [3.63, 3.8) is 0 Å². The van der Waals surface area contributed by atoms with E-state index in [1.807, 2.05) is 0 Å². The Bertz CT molecular complexity index is 362. The van der Waals surface area contributed by atoms with Crippen molar-refractivity contribution in [2.24, 2.45) is 5.41 Å². The second kappa shape index (κ2) is 5.88. The molecular weight excluding hydrogens is 218 g/mol. The third-order valence-corrected chi connectivity index (χ3v) is 4.41. The first-order valence-corrected chi connectivity index (χ1v) is 7.51. The summed E-state index contributed by atoms with van der Waals surface area (Å²) < 4.78 is 0. The zero-order valence-electron chi connectivity index (χ0n) is 12.1. The highest BCUT2D eigenvalue weighted by molar-refractivity contribution is 5.24. The van der Waals surface area contributed by atoms with Crippen LogP contribution in [0.3, 0.4) is 0 Å². The van der Waals surface area contributed by atoms with Gasteiger partial charge in [0, 0.05) is 12.6 Å². The van der Waals surface area contributed by atoms with Gasteiger partial charge in [-0.3, -0.25) is 0 Å². The smallest absolute Gasteiger partial charge is 0.0292 e. The van der Waals surface area contributed by atoms with E-state index in [-0.39, 0.29) is 0 Å². The summed E-state index contributed by atoms with van der Waals surface area (Å²) in [6.07, 6.45) is 6.69. The Labute approximate surface area is 112 Å². The summed E-state index contributed by atoms with van der Waals surface area (Å²) in [4.78, 5) is 0. The molecule has 1 aromatic rings. The summed E-state index contributed by atoms with van der Waals surface area (Å²) in [6, 6.07) is 9.54. The Morgan fingerprint density at radius 3 is 2.33 bits per heavy atom. The SMILES string of the molecule is CCCC1(CNC(C)c2ccc(CC)cc2)CC1. The van der Waals surface area contributed by atoms with E-state index in [1.165, 1.54) is 43.4 Å². The van der Waals surface area contributed by atoms with E-state index in [1.54, 1.807) is 0 Å². The van der Waals surface area contributed by atoms with Crippen LogP contribution < -0.4 is 5.32 Å². The summed E-state index contributed by atoms with van der Waals surface area (Å²) in [5.41, 5.74) is 3.49. The van der Waals surface area contributed by atoms with Crippen molar-refractivity contribution in [3.05, 3.63) is 35.4 Å². The van der Waals surface area contributed by atoms with E-state index in [9.17, 15) is 0 Å². The molecule has 0 saturated heterocycles. The third kappa shape index (κ3) is 3.35. The Kier molecular flexibility index (Phi) is 4.45. The van der Waals surface area contributed by atoms with Gasteiger partial charge in [0.2, 0.25) is 0 Å². The maximum atomic E-state index is 3.72. The highest BCUT2D eigenvalue weighted by Gasteiger charge is 2.41. The maximum absolute atomic E-state index is 3.72. The van der Waals surface area contributed by atoms with Gasteiger partial charge in [-0.2, -0.15) is 0 Å². The standard InChI is InChI=1S/C17H27N/c1-4-10-17(11-12-17)13-18-14(3)16-8-6-15(5-2)7-9-16/h6-9,14,18H,4-5,10-13H2,1-3H3. The number of hydrogen-bond donors (Lipinski definition) is 1. The molecule has 1 unspecified atom stereocenters. The normalized spacial score (nSPS) is 18.6. The van der Waals surface area contributed by atoms with Crippen molar-refractivity contribution in [1.82, 2.24) is 5.32 Å². The van der Waals surface area contributed by atoms with Crippen LogP contribution in [-0.4, -0.2) is 6.54 Å². The molecule has 0 aliphatic heterocycles. The van der Waals surface area contributed by atoms with Gasteiger partial charge in [0.1, 0.15) is 0 Å². The lowest BCUT2D eigenvalue weighted by Gasteiger charge is -2.20. The molecule has 1 fully saturated rings. The molecule has 0 radical (unpaired) electrons. The molecular formula is C17H27N. The van der Waals surface area contributed by atoms with Gasteiger partial charge in [0.05, 0.1) is 0 Å². The van der Waals surface area contributed by atoms with Gasteiger partial charge in [-0.05, 0) is 49.1 Å². The lowest BCUT2D eigenvalue weighted by Crippen LogP contribution is -2.26. The lowest BCUT2D eigenvalue weighted by atomic mass is 9.99. The van der Waals surface area contributed by atoms with E-state index in [2.05, 4.69) is 50.4 Å². The van der Waals surface area contributed by atoms with Crippen molar-refractivity contribution in [2.45, 2.75) is 58.9 Å². The molecule has 1 N–H and O–H groups in total. The molecule has 0 aromatic heterocycles. The molecule has 0 bridgehead atoms. The monoisotopic (exact) mass is 245 g/mol. The zero-order valence-corrected chi connectivity index (χ0v) is 12.1. The highest BCUT2D eigenvalue weighted by Crippen LogP contribution is 2.49. The minimum atomic E-state index is 0.477. The second-order valence-electron chi connectivity index (χ2n) is 5.95. The fraction of sp³-hybridized carbons (Fsp3) is 0.647. The average Bonchev–Trinajstić information content (AvgIpc) is 3.17. The van der Waals surface area contributed by atoms with E-state index in [4.69, 9.17) is 0 Å². The second-order valence-corrected chi connectivity index (χ2v) is 5.95. The van der Waals surface area contributed by atoms with E-state index >= 15 is 0 Å². The van der Waals surface area contributed by atoms with Gasteiger partial charge in [-0.15, -0.1) is 0 Å². The van der Waals surface area contributed by atoms with Gasteiger partial charge >= 0.3 is 0 Å². The van der Waals surface area contributed by atoms with Crippen LogP contribution in [0.4, 0.5) is 0 Å². The molecule has 18 heavy (non-hydrogen) atoms. The number of rotatable bonds is 7. The predicted molar refractivity (Wildman–Crippen MR) is 78.8 cm³/mol. The summed E-state index contributed by atoms with van der Waals surface area (Å²) >= 11 is 0. The molecule has 1 aliphatic carbocycles. The number of aryl methyl sites for hydroxylation is 1. The minimum absolute atomic E-state index is 0.477. The van der Waals surface area contributed by atoms with Crippen LogP contribution in [0.25, 0.3) is 0 Å². The van der Waals surface area contributed by atoms with Crippen molar-refractivity contribution >= 4 is 0 Å². The molecule has 1 aromatic carbocycles.